The van der Waals surface area contributed by atoms with E-state index in [0.29, 0.717) is 5.95 Å². The minimum absolute atomic E-state index is 0.0172. The second kappa shape index (κ2) is 9.59. The van der Waals surface area contributed by atoms with Crippen molar-refractivity contribution in [1.82, 2.24) is 24.8 Å². The lowest BCUT2D eigenvalue weighted by molar-refractivity contribution is 0.158. The molecule has 0 radical (unpaired) electrons. The Hall–Kier alpha value is -2.29. The average molecular weight is 371 g/mol. The zero-order chi connectivity index (χ0) is 19.1. The fourth-order valence-electron chi connectivity index (χ4n) is 2.93. The van der Waals surface area contributed by atoms with Crippen LogP contribution in [0.15, 0.2) is 30.5 Å². The fourth-order valence-corrected chi connectivity index (χ4v) is 2.93. The van der Waals surface area contributed by atoms with Gasteiger partial charge in [-0.2, -0.15) is 4.98 Å². The number of nitrogens with one attached hydrogen (secondary N) is 2. The number of hydrogen-bond donors (Lipinski definition) is 3. The summed E-state index contributed by atoms with van der Waals surface area (Å²) >= 11 is 0. The maximum absolute atomic E-state index is 9.30. The summed E-state index contributed by atoms with van der Waals surface area (Å²) in [6.45, 7) is 8.13. The minimum atomic E-state index is -0.123. The first kappa shape index (κ1) is 19.5. The van der Waals surface area contributed by atoms with E-state index < -0.39 is 0 Å². The molecule has 2 aromatic heterocycles. The second-order valence-electron chi connectivity index (χ2n) is 6.98. The van der Waals surface area contributed by atoms with Crippen molar-refractivity contribution < 1.29 is 5.11 Å². The predicted molar refractivity (Wildman–Crippen MR) is 108 cm³/mol. The van der Waals surface area contributed by atoms with Crippen molar-refractivity contribution in [2.75, 3.05) is 63.6 Å². The molecule has 0 amide bonds. The van der Waals surface area contributed by atoms with Gasteiger partial charge in [0, 0.05) is 57.6 Å². The fraction of sp³-hybridized carbons (Fsp3) is 0.526. The number of aliphatic hydroxyl groups excluding tert-OH is 1. The quantitative estimate of drug-likeness (QED) is 0.633. The minimum Gasteiger partial charge on any atom is -0.394 e. The third-order valence-corrected chi connectivity index (χ3v) is 4.63. The largest absolute Gasteiger partial charge is 0.394 e. The molecule has 0 aliphatic carbocycles. The Balaban J connectivity index is 1.68. The molecular weight excluding hydrogens is 342 g/mol. The summed E-state index contributed by atoms with van der Waals surface area (Å²) in [5, 5.41) is 15.8. The molecular formula is C19H29N7O. The Kier molecular flexibility index (Phi) is 6.92. The first-order valence-electron chi connectivity index (χ1n) is 9.46. The van der Waals surface area contributed by atoms with Crippen LogP contribution in [0.5, 0.6) is 0 Å². The van der Waals surface area contributed by atoms with E-state index in [1.807, 2.05) is 31.2 Å². The summed E-state index contributed by atoms with van der Waals surface area (Å²) < 4.78 is 0. The molecule has 3 rings (SSSR count). The van der Waals surface area contributed by atoms with Crippen molar-refractivity contribution in [3.8, 4) is 11.4 Å². The maximum Gasteiger partial charge on any atom is 0.225 e. The van der Waals surface area contributed by atoms with Gasteiger partial charge in [0.25, 0.3) is 0 Å². The van der Waals surface area contributed by atoms with E-state index in [0.717, 1.165) is 56.5 Å². The van der Waals surface area contributed by atoms with E-state index in [2.05, 4.69) is 42.4 Å². The molecule has 3 heterocycles. The van der Waals surface area contributed by atoms with Gasteiger partial charge in [-0.3, -0.25) is 9.88 Å². The summed E-state index contributed by atoms with van der Waals surface area (Å²) in [6, 6.07) is 7.54. The van der Waals surface area contributed by atoms with Crippen LogP contribution in [0, 0.1) is 0 Å². The Morgan fingerprint density at radius 1 is 1.15 bits per heavy atom. The van der Waals surface area contributed by atoms with Crippen molar-refractivity contribution in [2.45, 2.75) is 13.0 Å². The van der Waals surface area contributed by atoms with Gasteiger partial charge >= 0.3 is 0 Å². The summed E-state index contributed by atoms with van der Waals surface area (Å²) in [5.74, 6) is 1.24. The van der Waals surface area contributed by atoms with Crippen molar-refractivity contribution in [1.29, 1.82) is 0 Å². The number of pyridine rings is 1. The molecule has 0 spiro atoms. The highest BCUT2D eigenvalue weighted by Crippen LogP contribution is 2.19. The molecule has 0 bridgehead atoms. The molecule has 1 aliphatic heterocycles. The third kappa shape index (κ3) is 5.85. The Bertz CT molecular complexity index is 704. The van der Waals surface area contributed by atoms with Crippen molar-refractivity contribution in [2.24, 2.45) is 0 Å². The van der Waals surface area contributed by atoms with Gasteiger partial charge in [0.15, 0.2) is 0 Å². The van der Waals surface area contributed by atoms with Crippen LogP contribution in [0.1, 0.15) is 6.92 Å². The number of piperazine rings is 1. The monoisotopic (exact) mass is 371 g/mol. The van der Waals surface area contributed by atoms with Gasteiger partial charge in [-0.1, -0.05) is 6.07 Å². The van der Waals surface area contributed by atoms with E-state index in [1.54, 1.807) is 6.20 Å². The van der Waals surface area contributed by atoms with Crippen molar-refractivity contribution in [3.63, 3.8) is 0 Å². The van der Waals surface area contributed by atoms with Crippen LogP contribution in [0.2, 0.25) is 0 Å². The smallest absolute Gasteiger partial charge is 0.225 e. The van der Waals surface area contributed by atoms with Crippen LogP contribution in [-0.4, -0.2) is 88.8 Å². The molecule has 1 fully saturated rings. The zero-order valence-corrected chi connectivity index (χ0v) is 16.1. The van der Waals surface area contributed by atoms with Gasteiger partial charge in [0.05, 0.1) is 18.0 Å². The van der Waals surface area contributed by atoms with E-state index in [9.17, 15) is 5.11 Å². The average Bonchev–Trinajstić information content (AvgIpc) is 2.70. The lowest BCUT2D eigenvalue weighted by Gasteiger charge is -2.32. The van der Waals surface area contributed by atoms with Crippen molar-refractivity contribution >= 4 is 11.8 Å². The van der Waals surface area contributed by atoms with Crippen LogP contribution in [-0.2, 0) is 0 Å². The SMILES string of the molecule is C[C@@H](CO)Nc1nc(NCCN2CCN(C)CC2)cc(-c2ccccn2)n1. The first-order chi connectivity index (χ1) is 13.1. The van der Waals surface area contributed by atoms with Gasteiger partial charge in [-0.05, 0) is 26.1 Å². The predicted octanol–water partition coefficient (Wildman–Crippen LogP) is 0.991. The molecule has 27 heavy (non-hydrogen) atoms. The highest BCUT2D eigenvalue weighted by atomic mass is 16.3. The summed E-state index contributed by atoms with van der Waals surface area (Å²) in [5.41, 5.74) is 1.54. The lowest BCUT2D eigenvalue weighted by atomic mass is 10.2. The van der Waals surface area contributed by atoms with Gasteiger partial charge in [0.1, 0.15) is 5.82 Å². The number of rotatable bonds is 8. The molecule has 146 valence electrons. The summed E-state index contributed by atoms with van der Waals surface area (Å²) in [4.78, 5) is 18.3. The molecule has 0 unspecified atom stereocenters. The van der Waals surface area contributed by atoms with Crippen molar-refractivity contribution in [3.05, 3.63) is 30.5 Å². The molecule has 3 N–H and O–H groups in total. The number of aromatic nitrogens is 3. The highest BCUT2D eigenvalue weighted by molar-refractivity contribution is 5.61. The van der Waals surface area contributed by atoms with Crippen LogP contribution >= 0.6 is 0 Å². The lowest BCUT2D eigenvalue weighted by Crippen LogP contribution is -2.45. The molecule has 1 saturated heterocycles. The number of likely N-dealkylation sites (N-methyl/N-ethyl adjacent to an activating group) is 1. The highest BCUT2D eigenvalue weighted by Gasteiger charge is 2.14. The molecule has 1 atom stereocenters. The standard InChI is InChI=1S/C19H29N7O/c1-15(14-27)22-19-23-17(16-5-3-4-6-20-16)13-18(24-19)21-7-8-26-11-9-25(2)10-12-26/h3-6,13,15,27H,7-12,14H2,1-2H3,(H2,21,22,23,24)/t15-/m0/s1. The normalized spacial score (nSPS) is 16.9. The van der Waals surface area contributed by atoms with Gasteiger partial charge in [0.2, 0.25) is 5.95 Å². The number of hydrogen-bond acceptors (Lipinski definition) is 8. The Morgan fingerprint density at radius 2 is 1.96 bits per heavy atom. The molecule has 0 saturated carbocycles. The van der Waals surface area contributed by atoms with Crippen LogP contribution in [0.4, 0.5) is 11.8 Å². The molecule has 1 aliphatic rings. The Morgan fingerprint density at radius 3 is 2.67 bits per heavy atom. The van der Waals surface area contributed by atoms with Gasteiger partial charge < -0.3 is 20.6 Å². The van der Waals surface area contributed by atoms with Gasteiger partial charge in [-0.25, -0.2) is 4.98 Å². The third-order valence-electron chi connectivity index (χ3n) is 4.63. The molecule has 8 nitrogen and oxygen atoms in total. The van der Waals surface area contributed by atoms with E-state index in [1.165, 1.54) is 0 Å². The first-order valence-corrected chi connectivity index (χ1v) is 9.46. The van der Waals surface area contributed by atoms with E-state index >= 15 is 0 Å². The van der Waals surface area contributed by atoms with Crippen LogP contribution in [0.3, 0.4) is 0 Å². The number of anilines is 2. The molecule has 8 heteroatoms. The Labute approximate surface area is 160 Å². The molecule has 2 aromatic rings. The van der Waals surface area contributed by atoms with Gasteiger partial charge in [-0.15, -0.1) is 0 Å². The number of aliphatic hydroxyl groups is 1. The topological polar surface area (TPSA) is 89.4 Å². The summed E-state index contributed by atoms with van der Waals surface area (Å²) in [6.07, 6.45) is 1.75. The summed E-state index contributed by atoms with van der Waals surface area (Å²) in [7, 11) is 2.16. The zero-order valence-electron chi connectivity index (χ0n) is 16.1. The second-order valence-corrected chi connectivity index (χ2v) is 6.98. The number of nitrogens with zero attached hydrogens (tertiary/aromatic N) is 5. The van der Waals surface area contributed by atoms with E-state index in [-0.39, 0.29) is 12.6 Å². The van der Waals surface area contributed by atoms with E-state index in [4.69, 9.17) is 0 Å². The van der Waals surface area contributed by atoms with Crippen LogP contribution < -0.4 is 10.6 Å². The molecule has 0 aromatic carbocycles. The maximum atomic E-state index is 9.30. The van der Waals surface area contributed by atoms with Crippen LogP contribution in [0.25, 0.3) is 11.4 Å².